The number of amides is 1. The molecule has 0 aromatic carbocycles. The SMILES string of the molecule is CO[C@H]1C[C@@H]2CC[C@@H](C)[C@](O)(CC(=O)N3CCC[C@H]3C(=O)O[C@H]([C@H](C)CC3CC[C@H](O)[C@@H](OC)C3)CC(=O)[C@H](C)/C=C(\C)[C@@H](O)[C@@H](O)C(=O)[C@H](C)C[C@H](C)/C=C/C=C/C=C/1C)O2. The van der Waals surface area contributed by atoms with Crippen molar-refractivity contribution in [2.45, 2.75) is 180 Å². The van der Waals surface area contributed by atoms with E-state index in [1.54, 1.807) is 41.1 Å². The third-order valence-corrected chi connectivity index (χ3v) is 14.1. The summed E-state index contributed by atoms with van der Waals surface area (Å²) in [5.41, 5.74) is 1.23. The van der Waals surface area contributed by atoms with Crippen molar-refractivity contribution in [2.75, 3.05) is 20.8 Å². The van der Waals surface area contributed by atoms with Crippen LogP contribution in [0.3, 0.4) is 0 Å². The number of carbonyl (C=O) groups is 4. The third kappa shape index (κ3) is 14.0. The first kappa shape index (κ1) is 51.6. The van der Waals surface area contributed by atoms with Gasteiger partial charge in [0.2, 0.25) is 5.91 Å². The number of aliphatic hydroxyl groups excluding tert-OH is 3. The minimum absolute atomic E-state index is 0.00605. The Bertz CT molecular complexity index is 1640. The Kier molecular flexibility index (Phi) is 19.8. The highest BCUT2D eigenvalue weighted by Gasteiger charge is 2.47. The van der Waals surface area contributed by atoms with Gasteiger partial charge in [-0.25, -0.2) is 4.79 Å². The second kappa shape index (κ2) is 23.8. The summed E-state index contributed by atoms with van der Waals surface area (Å²) in [5.74, 6) is -5.30. The molecule has 1 amide bonds. The van der Waals surface area contributed by atoms with E-state index >= 15 is 0 Å². The summed E-state index contributed by atoms with van der Waals surface area (Å²) in [5, 5.41) is 44.4. The molecule has 3 fully saturated rings. The summed E-state index contributed by atoms with van der Waals surface area (Å²) >= 11 is 0. The average molecular weight is 872 g/mol. The number of nitrogens with zero attached hydrogens (tertiary/aromatic N) is 1. The zero-order valence-corrected chi connectivity index (χ0v) is 38.7. The van der Waals surface area contributed by atoms with Crippen LogP contribution in [-0.2, 0) is 38.1 Å². The van der Waals surface area contributed by atoms with Gasteiger partial charge in [-0.05, 0) is 101 Å². The third-order valence-electron chi connectivity index (χ3n) is 14.1. The number of esters is 1. The molecular formula is C49H77NO12. The topological polar surface area (TPSA) is 189 Å². The number of methoxy groups -OCH3 is 2. The second-order valence-electron chi connectivity index (χ2n) is 19.1. The molecule has 0 radical (unpaired) electrons. The van der Waals surface area contributed by atoms with Crippen molar-refractivity contribution < 1.29 is 58.6 Å². The number of fused-ring (bicyclic) bond motifs is 3. The molecule has 4 rings (SSSR count). The van der Waals surface area contributed by atoms with E-state index in [2.05, 4.69) is 0 Å². The molecule has 0 aromatic heterocycles. The summed E-state index contributed by atoms with van der Waals surface area (Å²) in [7, 11) is 3.20. The lowest BCUT2D eigenvalue weighted by molar-refractivity contribution is -0.283. The highest BCUT2D eigenvalue weighted by Crippen LogP contribution is 2.39. The number of cyclic esters (lactones) is 1. The van der Waals surface area contributed by atoms with Crippen LogP contribution in [0.5, 0.6) is 0 Å². The Balaban J connectivity index is 1.64. The minimum atomic E-state index is -1.75. The Morgan fingerprint density at radius 1 is 0.871 bits per heavy atom. The highest BCUT2D eigenvalue weighted by molar-refractivity contribution is 5.87. The summed E-state index contributed by atoms with van der Waals surface area (Å²) in [6, 6.07) is -0.906. The van der Waals surface area contributed by atoms with Gasteiger partial charge in [0, 0.05) is 51.4 Å². The Morgan fingerprint density at radius 2 is 1.60 bits per heavy atom. The molecule has 3 aliphatic heterocycles. The largest absolute Gasteiger partial charge is 0.460 e. The smallest absolute Gasteiger partial charge is 0.329 e. The van der Waals surface area contributed by atoms with Gasteiger partial charge in [-0.2, -0.15) is 0 Å². The number of allylic oxidation sites excluding steroid dienone is 6. The molecule has 0 aromatic rings. The first-order valence-electron chi connectivity index (χ1n) is 23.0. The highest BCUT2D eigenvalue weighted by atomic mass is 16.6. The molecule has 2 bridgehead atoms. The molecule has 62 heavy (non-hydrogen) atoms. The molecule has 13 heteroatoms. The molecule has 4 N–H and O–H groups in total. The first-order valence-corrected chi connectivity index (χ1v) is 23.0. The summed E-state index contributed by atoms with van der Waals surface area (Å²) in [6.45, 7) is 13.0. The van der Waals surface area contributed by atoms with E-state index in [1.165, 1.54) is 4.90 Å². The maximum atomic E-state index is 14.2. The Labute approximate surface area is 370 Å². The molecular weight excluding hydrogens is 795 g/mol. The van der Waals surface area contributed by atoms with Gasteiger partial charge in [-0.3, -0.25) is 14.4 Å². The van der Waals surface area contributed by atoms with Crippen LogP contribution in [-0.4, -0.2) is 124 Å². The van der Waals surface area contributed by atoms with Gasteiger partial charge < -0.3 is 44.3 Å². The number of hydrogen-bond donors (Lipinski definition) is 4. The van der Waals surface area contributed by atoms with E-state index in [9.17, 15) is 39.6 Å². The maximum absolute atomic E-state index is 14.2. The number of aliphatic hydroxyl groups is 4. The van der Waals surface area contributed by atoms with Crippen molar-refractivity contribution in [3.05, 3.63) is 47.6 Å². The Morgan fingerprint density at radius 3 is 2.29 bits per heavy atom. The number of Topliss-reactive ketones (excluding diaryl/α,β-unsaturated/α-hetero) is 2. The van der Waals surface area contributed by atoms with Crippen LogP contribution >= 0.6 is 0 Å². The van der Waals surface area contributed by atoms with Crippen molar-refractivity contribution in [3.8, 4) is 0 Å². The molecule has 13 nitrogen and oxygen atoms in total. The van der Waals surface area contributed by atoms with E-state index in [0.717, 1.165) is 12.0 Å². The van der Waals surface area contributed by atoms with Crippen LogP contribution < -0.4 is 0 Å². The molecule has 3 heterocycles. The van der Waals surface area contributed by atoms with Crippen LogP contribution in [0.15, 0.2) is 47.6 Å². The lowest BCUT2D eigenvalue weighted by Crippen LogP contribution is -2.52. The molecule has 1 unspecified atom stereocenters. The van der Waals surface area contributed by atoms with Crippen LogP contribution in [0, 0.1) is 35.5 Å². The summed E-state index contributed by atoms with van der Waals surface area (Å²) in [6.07, 6.45) is 10.8. The zero-order valence-electron chi connectivity index (χ0n) is 38.7. The van der Waals surface area contributed by atoms with Crippen molar-refractivity contribution in [1.82, 2.24) is 4.90 Å². The maximum Gasteiger partial charge on any atom is 0.329 e. The predicted molar refractivity (Wildman–Crippen MR) is 235 cm³/mol. The fourth-order valence-corrected chi connectivity index (χ4v) is 9.82. The number of hydrogen-bond acceptors (Lipinski definition) is 12. The van der Waals surface area contributed by atoms with Crippen molar-refractivity contribution in [1.29, 1.82) is 0 Å². The summed E-state index contributed by atoms with van der Waals surface area (Å²) in [4.78, 5) is 57.0. The molecule has 350 valence electrons. The van der Waals surface area contributed by atoms with E-state index in [0.29, 0.717) is 64.3 Å². The lowest BCUT2D eigenvalue weighted by Gasteiger charge is -2.43. The zero-order chi connectivity index (χ0) is 45.9. The van der Waals surface area contributed by atoms with Gasteiger partial charge in [0.25, 0.3) is 0 Å². The molecule has 1 saturated carbocycles. The summed E-state index contributed by atoms with van der Waals surface area (Å²) < 4.78 is 24.0. The van der Waals surface area contributed by atoms with Gasteiger partial charge >= 0.3 is 5.97 Å². The van der Waals surface area contributed by atoms with Gasteiger partial charge in [-0.1, -0.05) is 71.1 Å². The first-order chi connectivity index (χ1) is 29.3. The quantitative estimate of drug-likeness (QED) is 0.188. The average Bonchev–Trinajstić information content (AvgIpc) is 3.74. The molecule has 15 atom stereocenters. The monoisotopic (exact) mass is 872 g/mol. The van der Waals surface area contributed by atoms with Gasteiger partial charge in [-0.15, -0.1) is 0 Å². The second-order valence-corrected chi connectivity index (χ2v) is 19.1. The number of ether oxygens (including phenoxy) is 4. The molecule has 0 spiro atoms. The van der Waals surface area contributed by atoms with E-state index < -0.39 is 65.7 Å². The fourth-order valence-electron chi connectivity index (χ4n) is 9.82. The molecule has 1 aliphatic carbocycles. The van der Waals surface area contributed by atoms with Gasteiger partial charge in [0.15, 0.2) is 11.6 Å². The van der Waals surface area contributed by atoms with Crippen LogP contribution in [0.1, 0.15) is 126 Å². The number of ketones is 2. The van der Waals surface area contributed by atoms with E-state index in [-0.39, 0.29) is 66.2 Å². The minimum Gasteiger partial charge on any atom is -0.460 e. The van der Waals surface area contributed by atoms with Gasteiger partial charge in [0.1, 0.15) is 30.1 Å². The van der Waals surface area contributed by atoms with E-state index in [4.69, 9.17) is 18.9 Å². The van der Waals surface area contributed by atoms with Crippen LogP contribution in [0.4, 0.5) is 0 Å². The fraction of sp³-hybridized carbons (Fsp3) is 0.755. The van der Waals surface area contributed by atoms with E-state index in [1.807, 2.05) is 58.1 Å². The van der Waals surface area contributed by atoms with Crippen LogP contribution in [0.2, 0.25) is 0 Å². The van der Waals surface area contributed by atoms with Crippen molar-refractivity contribution >= 4 is 23.4 Å². The molecule has 2 saturated heterocycles. The number of rotatable bonds is 5. The normalized spacial score (nSPS) is 41.6. The number of carbonyl (C=O) groups excluding carboxylic acids is 4. The standard InChI is InChI=1S/C49H77NO12/c1-29-14-11-10-12-15-30(2)41(59-8)26-37-19-17-35(7)49(58,62-37)28-44(53)50-21-13-16-38(50)48(57)61-42(32(4)24-36-18-20-39(51)43(25-36)60-9)27-40(52)31(3)23-34(6)46(55)47(56)45(54)33(5)22-29/h10-12,14-15,23,29,31-33,35-39,41-43,46-47,51,55-56,58H,13,16-22,24-28H2,1-9H3/b12-10+,14-11+,30-15+,34-23+/t29-,31-,32-,33-,35-,36?,37+,38+,39+,41+,42+,43+,46-,47+,49+/m1/s1. The Hall–Kier alpha value is -3.04. The van der Waals surface area contributed by atoms with Crippen molar-refractivity contribution in [2.24, 2.45) is 35.5 Å². The lowest BCUT2D eigenvalue weighted by atomic mass is 9.78. The van der Waals surface area contributed by atoms with Crippen LogP contribution in [0.25, 0.3) is 0 Å². The molecule has 4 aliphatic rings. The predicted octanol–water partition coefficient (Wildman–Crippen LogP) is 5.96. The van der Waals surface area contributed by atoms with Crippen molar-refractivity contribution in [3.63, 3.8) is 0 Å². The van der Waals surface area contributed by atoms with Gasteiger partial charge in [0.05, 0.1) is 30.8 Å².